The topological polar surface area (TPSA) is 240 Å². The third-order valence-corrected chi connectivity index (χ3v) is 11.4. The Morgan fingerprint density at radius 2 is 1.48 bits per heavy atom. The van der Waals surface area contributed by atoms with Gasteiger partial charge in [-0.05, 0) is 61.7 Å². The number of aromatic nitrogens is 3. The summed E-state index contributed by atoms with van der Waals surface area (Å²) in [7, 11) is 3.14. The molecule has 358 valence electrons. The second kappa shape index (κ2) is 23.5. The van der Waals surface area contributed by atoms with Gasteiger partial charge in [0, 0.05) is 44.7 Å². The molecule has 0 spiro atoms. The Bertz CT molecular complexity index is 2500. The van der Waals surface area contributed by atoms with Crippen LogP contribution in [0.3, 0.4) is 0 Å². The molecule has 2 aromatic heterocycles. The fourth-order valence-electron chi connectivity index (χ4n) is 7.60. The molecule has 5 heterocycles. The van der Waals surface area contributed by atoms with E-state index >= 15 is 0 Å². The zero-order valence-electron chi connectivity index (χ0n) is 37.2. The standard InChI is InChI=1S/C45H53ClN8O13/c1-47-39(56)27-67-37-24-28-23-29(3-6-35(28)52(2)44(37)60)49-40-34(46)26-48-45(51-40)53-11-9-30(10-12-53)65-21-19-63-17-15-61-13-14-62-16-18-64-20-22-66-31-4-5-32-33(25-31)43(59)54(42(32)58)36-7-8-38(55)50-41(36)57/h3-6,23-26,30,36H,7-22,27H2,1-2H3,(H,47,56)(H,48,49,51)(H,50,55,57). The Labute approximate surface area is 390 Å². The van der Waals surface area contributed by atoms with Gasteiger partial charge in [0.05, 0.1) is 88.4 Å². The lowest BCUT2D eigenvalue weighted by Gasteiger charge is -2.32. The minimum atomic E-state index is -1.03. The smallest absolute Gasteiger partial charge is 0.293 e. The van der Waals surface area contributed by atoms with Crippen LogP contribution in [0, 0.1) is 0 Å². The molecule has 1 atom stereocenters. The molecule has 4 aromatic rings. The number of hydrogen-bond acceptors (Lipinski definition) is 17. The minimum absolute atomic E-state index is 0.0519. The van der Waals surface area contributed by atoms with Crippen LogP contribution in [0.2, 0.25) is 5.02 Å². The lowest BCUT2D eigenvalue weighted by Crippen LogP contribution is -2.54. The number of aryl methyl sites for hydroxylation is 1. The molecule has 0 aliphatic carbocycles. The zero-order chi connectivity index (χ0) is 47.3. The molecular formula is C45H53ClN8O13. The van der Waals surface area contributed by atoms with Crippen molar-refractivity contribution in [2.45, 2.75) is 37.8 Å². The summed E-state index contributed by atoms with van der Waals surface area (Å²) in [5.74, 6) is -1.18. The van der Waals surface area contributed by atoms with E-state index in [1.807, 2.05) is 18.2 Å². The lowest BCUT2D eigenvalue weighted by molar-refractivity contribution is -0.136. The number of amides is 5. The van der Waals surface area contributed by atoms with Crippen LogP contribution in [0.1, 0.15) is 46.4 Å². The number of piperidine rings is 2. The highest BCUT2D eigenvalue weighted by Gasteiger charge is 2.44. The summed E-state index contributed by atoms with van der Waals surface area (Å²) in [4.78, 5) is 86.2. The monoisotopic (exact) mass is 948 g/mol. The molecule has 3 N–H and O–H groups in total. The molecule has 7 rings (SSSR count). The number of imide groups is 2. The summed E-state index contributed by atoms with van der Waals surface area (Å²) >= 11 is 6.50. The molecule has 2 fully saturated rings. The molecule has 5 amide bonds. The quantitative estimate of drug-likeness (QED) is 0.0675. The Hall–Kier alpha value is -6.23. The van der Waals surface area contributed by atoms with Gasteiger partial charge in [-0.15, -0.1) is 0 Å². The maximum absolute atomic E-state index is 13.0. The van der Waals surface area contributed by atoms with E-state index in [2.05, 4.69) is 25.8 Å². The molecule has 1 unspecified atom stereocenters. The average Bonchev–Trinajstić information content (AvgIpc) is 3.57. The van der Waals surface area contributed by atoms with Crippen LogP contribution >= 0.6 is 11.6 Å². The van der Waals surface area contributed by atoms with Gasteiger partial charge in [0.15, 0.2) is 18.2 Å². The SMILES string of the molecule is CNC(=O)COc1cc2cc(Nc3nc(N4CCC(OCCOCCOCCOCCOCCOc5ccc6c(c5)C(=O)N(C5CCC(=O)NC5=O)C6=O)CC4)ncc3Cl)ccc2n(C)c1=O. The van der Waals surface area contributed by atoms with Crippen molar-refractivity contribution in [3.63, 3.8) is 0 Å². The highest BCUT2D eigenvalue weighted by atomic mass is 35.5. The molecule has 67 heavy (non-hydrogen) atoms. The first-order valence-electron chi connectivity index (χ1n) is 21.9. The molecule has 21 nitrogen and oxygen atoms in total. The zero-order valence-corrected chi connectivity index (χ0v) is 38.0. The number of pyridine rings is 1. The highest BCUT2D eigenvalue weighted by molar-refractivity contribution is 6.33. The van der Waals surface area contributed by atoms with Crippen LogP contribution in [0.25, 0.3) is 10.9 Å². The number of fused-ring (bicyclic) bond motifs is 2. The number of carbonyl (C=O) groups excluding carboxylic acids is 5. The number of likely N-dealkylation sites (N-methyl/N-ethyl adjacent to an activating group) is 1. The van der Waals surface area contributed by atoms with E-state index < -0.39 is 29.7 Å². The Kier molecular flexibility index (Phi) is 17.1. The number of rotatable bonds is 24. The Balaban J connectivity index is 0.700. The number of anilines is 3. The van der Waals surface area contributed by atoms with Gasteiger partial charge in [-0.1, -0.05) is 11.6 Å². The maximum atomic E-state index is 13.0. The largest absolute Gasteiger partial charge is 0.491 e. The molecule has 2 aromatic carbocycles. The number of nitrogens with one attached hydrogen (secondary N) is 3. The third-order valence-electron chi connectivity index (χ3n) is 11.2. The number of nitrogens with zero attached hydrogens (tertiary/aromatic N) is 5. The first-order valence-corrected chi connectivity index (χ1v) is 22.3. The number of halogens is 1. The number of ether oxygens (including phenoxy) is 7. The van der Waals surface area contributed by atoms with Crippen LogP contribution in [-0.2, 0) is 45.1 Å². The van der Waals surface area contributed by atoms with Gasteiger partial charge in [-0.25, -0.2) is 4.98 Å². The molecule has 0 saturated carbocycles. The first-order chi connectivity index (χ1) is 32.5. The summed E-state index contributed by atoms with van der Waals surface area (Å²) in [6, 6.07) is 10.6. The van der Waals surface area contributed by atoms with Crippen molar-refractivity contribution in [1.29, 1.82) is 0 Å². The van der Waals surface area contributed by atoms with E-state index in [0.29, 0.717) is 99.7 Å². The van der Waals surface area contributed by atoms with Crippen molar-refractivity contribution in [3.05, 3.63) is 75.2 Å². The van der Waals surface area contributed by atoms with Crippen LogP contribution in [0.15, 0.2) is 53.5 Å². The second-order valence-electron chi connectivity index (χ2n) is 15.6. The molecule has 3 aliphatic rings. The van der Waals surface area contributed by atoms with E-state index in [9.17, 15) is 28.8 Å². The fraction of sp³-hybridized carbons (Fsp3) is 0.467. The van der Waals surface area contributed by atoms with Crippen LogP contribution < -0.4 is 35.9 Å². The van der Waals surface area contributed by atoms with Gasteiger partial charge in [0.1, 0.15) is 23.4 Å². The van der Waals surface area contributed by atoms with Gasteiger partial charge in [0.25, 0.3) is 23.3 Å². The van der Waals surface area contributed by atoms with Crippen molar-refractivity contribution in [2.75, 3.05) is 103 Å². The van der Waals surface area contributed by atoms with E-state index in [1.165, 1.54) is 23.7 Å². The summed E-state index contributed by atoms with van der Waals surface area (Å²) < 4.78 is 41.1. The van der Waals surface area contributed by atoms with E-state index in [4.69, 9.17) is 49.7 Å². The van der Waals surface area contributed by atoms with Crippen molar-refractivity contribution in [2.24, 2.45) is 7.05 Å². The summed E-state index contributed by atoms with van der Waals surface area (Å²) in [6.45, 7) is 4.88. The summed E-state index contributed by atoms with van der Waals surface area (Å²) in [6.07, 6.45) is 3.38. The van der Waals surface area contributed by atoms with Gasteiger partial charge in [-0.3, -0.25) is 39.0 Å². The third kappa shape index (κ3) is 12.6. The molecule has 3 aliphatic heterocycles. The van der Waals surface area contributed by atoms with Gasteiger partial charge >= 0.3 is 0 Å². The van der Waals surface area contributed by atoms with Crippen molar-refractivity contribution < 1.29 is 57.1 Å². The minimum Gasteiger partial charge on any atom is -0.491 e. The molecule has 0 radical (unpaired) electrons. The second-order valence-corrected chi connectivity index (χ2v) is 16.0. The lowest BCUT2D eigenvalue weighted by atomic mass is 10.0. The van der Waals surface area contributed by atoms with Crippen molar-refractivity contribution >= 4 is 69.5 Å². The van der Waals surface area contributed by atoms with Crippen LogP contribution in [0.5, 0.6) is 11.5 Å². The van der Waals surface area contributed by atoms with E-state index in [0.717, 1.165) is 23.1 Å². The maximum Gasteiger partial charge on any atom is 0.293 e. The first kappa shape index (κ1) is 48.7. The van der Waals surface area contributed by atoms with Gasteiger partial charge < -0.3 is 53.3 Å². The Morgan fingerprint density at radius 1 is 0.806 bits per heavy atom. The summed E-state index contributed by atoms with van der Waals surface area (Å²) in [5, 5.41) is 8.98. The number of hydrogen-bond donors (Lipinski definition) is 3. The Morgan fingerprint density at radius 3 is 2.16 bits per heavy atom. The average molecular weight is 949 g/mol. The normalized spacial score (nSPS) is 16.4. The molecule has 2 saturated heterocycles. The van der Waals surface area contributed by atoms with Gasteiger partial charge in [0.2, 0.25) is 17.8 Å². The van der Waals surface area contributed by atoms with E-state index in [-0.39, 0.29) is 67.1 Å². The predicted octanol–water partition coefficient (Wildman–Crippen LogP) is 2.38. The van der Waals surface area contributed by atoms with Gasteiger partial charge in [-0.2, -0.15) is 4.98 Å². The number of benzene rings is 2. The molecule has 0 bridgehead atoms. The summed E-state index contributed by atoms with van der Waals surface area (Å²) in [5.41, 5.74) is 1.35. The van der Waals surface area contributed by atoms with E-state index in [1.54, 1.807) is 25.4 Å². The van der Waals surface area contributed by atoms with Crippen molar-refractivity contribution in [3.8, 4) is 11.5 Å². The van der Waals surface area contributed by atoms with Crippen molar-refractivity contribution in [1.82, 2.24) is 30.1 Å². The predicted molar refractivity (Wildman–Crippen MR) is 242 cm³/mol. The fourth-order valence-corrected chi connectivity index (χ4v) is 7.74. The molecule has 22 heteroatoms. The van der Waals surface area contributed by atoms with Crippen LogP contribution in [0.4, 0.5) is 17.5 Å². The number of carbonyl (C=O) groups is 5. The molecular weight excluding hydrogens is 896 g/mol. The highest BCUT2D eigenvalue weighted by Crippen LogP contribution is 2.31. The van der Waals surface area contributed by atoms with Crippen LogP contribution in [-0.4, -0.2) is 154 Å².